The lowest BCUT2D eigenvalue weighted by Crippen LogP contribution is -2.18. The maximum atomic E-state index is 9.30. The third-order valence-electron chi connectivity index (χ3n) is 3.88. The molecule has 1 aliphatic rings. The summed E-state index contributed by atoms with van der Waals surface area (Å²) in [4.78, 5) is 0. The third kappa shape index (κ3) is 7.62. The van der Waals surface area contributed by atoms with E-state index in [9.17, 15) is 10.2 Å². The third-order valence-corrected chi connectivity index (χ3v) is 4.23. The van der Waals surface area contributed by atoms with Gasteiger partial charge in [0.15, 0.2) is 0 Å². The molecule has 5 nitrogen and oxygen atoms in total. The van der Waals surface area contributed by atoms with Crippen molar-refractivity contribution >= 4 is 11.6 Å². The maximum absolute atomic E-state index is 9.30. The number of phenols is 2. The Kier molecular flexibility index (Phi) is 9.44. The summed E-state index contributed by atoms with van der Waals surface area (Å²) in [6.45, 7) is 5.58. The first-order valence-electron chi connectivity index (χ1n) is 8.42. The summed E-state index contributed by atoms with van der Waals surface area (Å²) in [5, 5.41) is 26.3. The molecule has 1 heterocycles. The average Bonchev–Trinajstić information content (AvgIpc) is 3.48. The number of alkyl halides is 1. The second kappa shape index (κ2) is 11.0. The SMILES string of the molecule is CC(C)(c1ccc(O)cc1)c1ccc(O)cc1.ClCC1CO1.NCCO. The number of aromatic hydroxyl groups is 2. The van der Waals surface area contributed by atoms with Gasteiger partial charge in [0.1, 0.15) is 11.5 Å². The molecule has 0 radical (unpaired) electrons. The molecule has 0 bridgehead atoms. The van der Waals surface area contributed by atoms with Crippen molar-refractivity contribution in [3.63, 3.8) is 0 Å². The molecule has 1 saturated heterocycles. The monoisotopic (exact) mass is 381 g/mol. The minimum absolute atomic E-state index is 0.0972. The van der Waals surface area contributed by atoms with Gasteiger partial charge in [0, 0.05) is 12.0 Å². The van der Waals surface area contributed by atoms with E-state index in [1.807, 2.05) is 24.3 Å². The highest BCUT2D eigenvalue weighted by Gasteiger charge is 2.22. The van der Waals surface area contributed by atoms with Crippen LogP contribution in [-0.2, 0) is 10.2 Å². The molecule has 144 valence electrons. The molecule has 1 aliphatic heterocycles. The molecule has 1 unspecified atom stereocenters. The molecule has 1 atom stereocenters. The molecule has 3 rings (SSSR count). The second-order valence-electron chi connectivity index (χ2n) is 6.34. The number of rotatable bonds is 4. The molecule has 0 aliphatic carbocycles. The normalized spacial score (nSPS) is 15.2. The number of halogens is 1. The average molecular weight is 382 g/mol. The zero-order chi connectivity index (χ0) is 19.6. The van der Waals surface area contributed by atoms with Gasteiger partial charge in [-0.05, 0) is 35.4 Å². The van der Waals surface area contributed by atoms with Gasteiger partial charge in [0.2, 0.25) is 0 Å². The van der Waals surface area contributed by atoms with Gasteiger partial charge in [0.05, 0.1) is 25.2 Å². The smallest absolute Gasteiger partial charge is 0.115 e. The Hall–Kier alpha value is -1.79. The Morgan fingerprint density at radius 2 is 1.35 bits per heavy atom. The zero-order valence-electron chi connectivity index (χ0n) is 15.2. The van der Waals surface area contributed by atoms with Crippen LogP contribution in [0.25, 0.3) is 0 Å². The van der Waals surface area contributed by atoms with Gasteiger partial charge in [-0.2, -0.15) is 0 Å². The molecule has 5 N–H and O–H groups in total. The van der Waals surface area contributed by atoms with Crippen molar-refractivity contribution in [2.75, 3.05) is 25.6 Å². The Morgan fingerprint density at radius 1 is 1.00 bits per heavy atom. The Balaban J connectivity index is 0.000000309. The van der Waals surface area contributed by atoms with Gasteiger partial charge in [-0.25, -0.2) is 0 Å². The van der Waals surface area contributed by atoms with E-state index in [1.54, 1.807) is 24.3 Å². The predicted octanol–water partition coefficient (Wildman–Crippen LogP) is 2.99. The zero-order valence-corrected chi connectivity index (χ0v) is 16.0. The first kappa shape index (κ1) is 22.3. The lowest BCUT2D eigenvalue weighted by Gasteiger charge is -2.26. The van der Waals surface area contributed by atoms with E-state index in [0.29, 0.717) is 18.5 Å². The summed E-state index contributed by atoms with van der Waals surface area (Å²) in [6, 6.07) is 14.4. The first-order chi connectivity index (χ1) is 12.3. The van der Waals surface area contributed by atoms with E-state index in [0.717, 1.165) is 17.7 Å². The van der Waals surface area contributed by atoms with Crippen LogP contribution in [0.2, 0.25) is 0 Å². The standard InChI is InChI=1S/C15H16O2.C3H5ClO.C2H7NO/c1-15(2,11-3-7-13(16)8-4-11)12-5-9-14(17)10-6-12;4-1-3-2-5-3;3-1-2-4/h3-10,16-17H,1-2H3;3H,1-2H2;4H,1-3H2. The van der Waals surface area contributed by atoms with Crippen LogP contribution in [0.15, 0.2) is 48.5 Å². The fraction of sp³-hybridized carbons (Fsp3) is 0.400. The number of benzene rings is 2. The van der Waals surface area contributed by atoms with E-state index in [4.69, 9.17) is 27.2 Å². The largest absolute Gasteiger partial charge is 0.508 e. The van der Waals surface area contributed by atoms with E-state index in [1.165, 1.54) is 0 Å². The molecule has 0 amide bonds. The highest BCUT2D eigenvalue weighted by molar-refractivity contribution is 6.18. The summed E-state index contributed by atoms with van der Waals surface area (Å²) in [5.74, 6) is 1.21. The second-order valence-corrected chi connectivity index (χ2v) is 6.65. The van der Waals surface area contributed by atoms with Gasteiger partial charge < -0.3 is 25.8 Å². The Morgan fingerprint density at radius 3 is 1.54 bits per heavy atom. The summed E-state index contributed by atoms with van der Waals surface area (Å²) in [6.07, 6.45) is 0.400. The number of nitrogens with two attached hydrogens (primary N) is 1. The van der Waals surface area contributed by atoms with Crippen LogP contribution >= 0.6 is 11.6 Å². The van der Waals surface area contributed by atoms with Crippen LogP contribution < -0.4 is 5.73 Å². The lowest BCUT2D eigenvalue weighted by molar-refractivity contribution is 0.306. The molecule has 1 fully saturated rings. The molecular weight excluding hydrogens is 354 g/mol. The highest BCUT2D eigenvalue weighted by atomic mass is 35.5. The topological polar surface area (TPSA) is 99.2 Å². The Bertz CT molecular complexity index is 576. The first-order valence-corrected chi connectivity index (χ1v) is 8.96. The summed E-state index contributed by atoms with van der Waals surface area (Å²) < 4.78 is 4.73. The molecule has 0 saturated carbocycles. The number of aliphatic hydroxyl groups is 1. The number of aliphatic hydroxyl groups excluding tert-OH is 1. The molecule has 26 heavy (non-hydrogen) atoms. The number of ether oxygens (including phenoxy) is 1. The van der Waals surface area contributed by atoms with Crippen molar-refractivity contribution in [1.29, 1.82) is 0 Å². The van der Waals surface area contributed by atoms with E-state index >= 15 is 0 Å². The van der Waals surface area contributed by atoms with Crippen molar-refractivity contribution in [3.05, 3.63) is 59.7 Å². The molecular formula is C20H28ClNO4. The van der Waals surface area contributed by atoms with Crippen LogP contribution in [0.5, 0.6) is 11.5 Å². The van der Waals surface area contributed by atoms with Crippen LogP contribution in [0.4, 0.5) is 0 Å². The van der Waals surface area contributed by atoms with Crippen molar-refractivity contribution in [2.45, 2.75) is 25.4 Å². The van der Waals surface area contributed by atoms with E-state index < -0.39 is 0 Å². The fourth-order valence-electron chi connectivity index (χ4n) is 2.08. The number of phenolic OH excluding ortho intramolecular Hbond substituents is 2. The van der Waals surface area contributed by atoms with Crippen molar-refractivity contribution in [2.24, 2.45) is 5.73 Å². The van der Waals surface area contributed by atoms with Crippen molar-refractivity contribution in [1.82, 2.24) is 0 Å². The Labute approximate surface area is 160 Å². The van der Waals surface area contributed by atoms with Crippen LogP contribution in [0, 0.1) is 0 Å². The van der Waals surface area contributed by atoms with Gasteiger partial charge in [-0.1, -0.05) is 38.1 Å². The molecule has 2 aromatic carbocycles. The number of hydrogen-bond donors (Lipinski definition) is 4. The highest BCUT2D eigenvalue weighted by Crippen LogP contribution is 2.32. The lowest BCUT2D eigenvalue weighted by atomic mass is 9.78. The van der Waals surface area contributed by atoms with Crippen LogP contribution in [0.1, 0.15) is 25.0 Å². The predicted molar refractivity (Wildman–Crippen MR) is 105 cm³/mol. The van der Waals surface area contributed by atoms with E-state index in [-0.39, 0.29) is 23.5 Å². The van der Waals surface area contributed by atoms with Crippen LogP contribution in [0.3, 0.4) is 0 Å². The quantitative estimate of drug-likeness (QED) is 0.482. The van der Waals surface area contributed by atoms with Crippen LogP contribution in [-0.4, -0.2) is 47.1 Å². The fourth-order valence-corrected chi connectivity index (χ4v) is 2.26. The molecule has 6 heteroatoms. The van der Waals surface area contributed by atoms with Gasteiger partial charge in [-0.15, -0.1) is 11.6 Å². The van der Waals surface area contributed by atoms with Gasteiger partial charge in [0.25, 0.3) is 0 Å². The maximum Gasteiger partial charge on any atom is 0.115 e. The van der Waals surface area contributed by atoms with Gasteiger partial charge >= 0.3 is 0 Å². The number of hydrogen-bond acceptors (Lipinski definition) is 5. The number of epoxide rings is 1. The molecule has 0 spiro atoms. The van der Waals surface area contributed by atoms with Crippen molar-refractivity contribution in [3.8, 4) is 11.5 Å². The van der Waals surface area contributed by atoms with Gasteiger partial charge in [-0.3, -0.25) is 0 Å². The summed E-state index contributed by atoms with van der Waals surface area (Å²) in [5.41, 5.74) is 6.88. The van der Waals surface area contributed by atoms with Crippen molar-refractivity contribution < 1.29 is 20.1 Å². The summed E-state index contributed by atoms with van der Waals surface area (Å²) in [7, 11) is 0. The summed E-state index contributed by atoms with van der Waals surface area (Å²) >= 11 is 5.27. The molecule has 0 aromatic heterocycles. The molecule has 2 aromatic rings. The van der Waals surface area contributed by atoms with E-state index in [2.05, 4.69) is 13.8 Å². The minimum Gasteiger partial charge on any atom is -0.508 e. The minimum atomic E-state index is -0.151.